The average molecular weight is 363 g/mol. The summed E-state index contributed by atoms with van der Waals surface area (Å²) in [7, 11) is -0.979. The molecular formula is C18H21NO5S. The molecule has 0 aliphatic carbocycles. The van der Waals surface area contributed by atoms with Gasteiger partial charge in [-0.15, -0.1) is 0 Å². The van der Waals surface area contributed by atoms with E-state index in [4.69, 9.17) is 4.74 Å². The van der Waals surface area contributed by atoms with Gasteiger partial charge >= 0.3 is 5.97 Å². The second-order valence-electron chi connectivity index (χ2n) is 5.36. The summed E-state index contributed by atoms with van der Waals surface area (Å²) in [6, 6.07) is 13.0. The summed E-state index contributed by atoms with van der Waals surface area (Å²) in [4.78, 5) is 11.6. The highest BCUT2D eigenvalue weighted by Crippen LogP contribution is 2.20. The van der Waals surface area contributed by atoms with E-state index in [0.717, 1.165) is 11.3 Å². The van der Waals surface area contributed by atoms with E-state index in [1.54, 1.807) is 12.1 Å². The van der Waals surface area contributed by atoms with Gasteiger partial charge in [-0.3, -0.25) is 0 Å². The molecule has 0 amide bonds. The zero-order valence-corrected chi connectivity index (χ0v) is 15.2. The molecule has 0 aromatic heterocycles. The van der Waals surface area contributed by atoms with Gasteiger partial charge in [0, 0.05) is 13.6 Å². The lowest BCUT2D eigenvalue weighted by atomic mass is 10.2. The molecule has 0 saturated carbocycles. The van der Waals surface area contributed by atoms with Crippen LogP contribution < -0.4 is 4.74 Å². The van der Waals surface area contributed by atoms with Crippen molar-refractivity contribution in [2.45, 2.75) is 18.4 Å². The van der Waals surface area contributed by atoms with Gasteiger partial charge in [0.2, 0.25) is 10.0 Å². The largest absolute Gasteiger partial charge is 0.494 e. The molecule has 2 rings (SSSR count). The van der Waals surface area contributed by atoms with Crippen molar-refractivity contribution in [2.75, 3.05) is 20.8 Å². The highest BCUT2D eigenvalue weighted by molar-refractivity contribution is 7.89. The van der Waals surface area contributed by atoms with Gasteiger partial charge < -0.3 is 9.47 Å². The molecule has 0 atom stereocenters. The maximum Gasteiger partial charge on any atom is 0.337 e. The van der Waals surface area contributed by atoms with E-state index in [-0.39, 0.29) is 17.0 Å². The van der Waals surface area contributed by atoms with E-state index in [1.165, 1.54) is 42.7 Å². The minimum absolute atomic E-state index is 0.0452. The van der Waals surface area contributed by atoms with E-state index in [9.17, 15) is 13.2 Å². The van der Waals surface area contributed by atoms with Crippen molar-refractivity contribution < 1.29 is 22.7 Å². The second-order valence-corrected chi connectivity index (χ2v) is 7.40. The van der Waals surface area contributed by atoms with Crippen molar-refractivity contribution in [3.63, 3.8) is 0 Å². The van der Waals surface area contributed by atoms with Crippen LogP contribution in [0.5, 0.6) is 5.75 Å². The number of hydrogen-bond acceptors (Lipinski definition) is 5. The first-order valence-corrected chi connectivity index (χ1v) is 9.19. The Bertz CT molecular complexity index is 831. The third-order valence-electron chi connectivity index (χ3n) is 3.60. The van der Waals surface area contributed by atoms with E-state index < -0.39 is 16.0 Å². The Hall–Kier alpha value is -2.38. The number of nitrogens with zero attached hydrogens (tertiary/aromatic N) is 1. The van der Waals surface area contributed by atoms with Gasteiger partial charge in [-0.25, -0.2) is 13.2 Å². The minimum Gasteiger partial charge on any atom is -0.494 e. The Morgan fingerprint density at radius 1 is 1.12 bits per heavy atom. The number of methoxy groups -OCH3 is 1. The van der Waals surface area contributed by atoms with Gasteiger partial charge in [0.25, 0.3) is 0 Å². The van der Waals surface area contributed by atoms with Gasteiger partial charge in [0.15, 0.2) is 0 Å². The third-order valence-corrected chi connectivity index (χ3v) is 5.40. The molecule has 0 aliphatic heterocycles. The van der Waals surface area contributed by atoms with Gasteiger partial charge in [-0.2, -0.15) is 4.31 Å². The fourth-order valence-electron chi connectivity index (χ4n) is 2.28. The first kappa shape index (κ1) is 19.0. The summed E-state index contributed by atoms with van der Waals surface area (Å²) in [6.07, 6.45) is 0. The smallest absolute Gasteiger partial charge is 0.337 e. The topological polar surface area (TPSA) is 72.9 Å². The van der Waals surface area contributed by atoms with Crippen LogP contribution in [0.3, 0.4) is 0 Å². The normalized spacial score (nSPS) is 11.4. The van der Waals surface area contributed by atoms with Gasteiger partial charge in [-0.05, 0) is 42.8 Å². The van der Waals surface area contributed by atoms with Crippen molar-refractivity contribution in [3.05, 3.63) is 59.7 Å². The monoisotopic (exact) mass is 363 g/mol. The highest BCUT2D eigenvalue weighted by atomic mass is 32.2. The molecule has 25 heavy (non-hydrogen) atoms. The summed E-state index contributed by atoms with van der Waals surface area (Å²) in [5, 5.41) is 0. The number of benzene rings is 2. The molecule has 0 radical (unpaired) electrons. The lowest BCUT2D eigenvalue weighted by Crippen LogP contribution is -2.26. The Balaban J connectivity index is 2.19. The summed E-state index contributed by atoms with van der Waals surface area (Å²) in [5.74, 6) is 0.161. The van der Waals surface area contributed by atoms with E-state index in [0.29, 0.717) is 6.61 Å². The van der Waals surface area contributed by atoms with Gasteiger partial charge in [0.05, 0.1) is 24.2 Å². The average Bonchev–Trinajstić information content (AvgIpc) is 2.63. The van der Waals surface area contributed by atoms with Crippen LogP contribution in [0.15, 0.2) is 53.4 Å². The molecule has 0 fully saturated rings. The molecular weight excluding hydrogens is 342 g/mol. The molecule has 0 heterocycles. The number of carbonyl (C=O) groups is 1. The van der Waals surface area contributed by atoms with Crippen molar-refractivity contribution in [1.29, 1.82) is 0 Å². The Morgan fingerprint density at radius 3 is 2.40 bits per heavy atom. The molecule has 0 bridgehead atoms. The van der Waals surface area contributed by atoms with Crippen LogP contribution in [0.25, 0.3) is 0 Å². The lowest BCUT2D eigenvalue weighted by molar-refractivity contribution is 0.0600. The zero-order valence-electron chi connectivity index (χ0n) is 14.4. The quantitative estimate of drug-likeness (QED) is 0.707. The highest BCUT2D eigenvalue weighted by Gasteiger charge is 2.22. The summed E-state index contributed by atoms with van der Waals surface area (Å²) in [6.45, 7) is 2.68. The van der Waals surface area contributed by atoms with Crippen LogP contribution in [0, 0.1) is 0 Å². The number of rotatable bonds is 7. The molecule has 0 aliphatic rings. The van der Waals surface area contributed by atoms with Crippen LogP contribution in [0.1, 0.15) is 22.8 Å². The van der Waals surface area contributed by atoms with Crippen molar-refractivity contribution in [2.24, 2.45) is 0 Å². The van der Waals surface area contributed by atoms with E-state index in [1.807, 2.05) is 19.1 Å². The number of carbonyl (C=O) groups excluding carboxylic acids is 1. The molecule has 2 aromatic carbocycles. The summed E-state index contributed by atoms with van der Waals surface area (Å²) < 4.78 is 36.7. The Labute approximate surface area is 148 Å². The molecule has 0 spiro atoms. The fraction of sp³-hybridized carbons (Fsp3) is 0.278. The zero-order chi connectivity index (χ0) is 18.4. The van der Waals surface area contributed by atoms with Crippen molar-refractivity contribution in [1.82, 2.24) is 4.31 Å². The Kier molecular flexibility index (Phi) is 6.17. The number of ether oxygens (including phenoxy) is 2. The summed E-state index contributed by atoms with van der Waals surface area (Å²) in [5.41, 5.74) is 1.02. The predicted molar refractivity (Wildman–Crippen MR) is 94.0 cm³/mol. The van der Waals surface area contributed by atoms with Gasteiger partial charge in [-0.1, -0.05) is 18.2 Å². The molecule has 2 aromatic rings. The molecule has 6 nitrogen and oxygen atoms in total. The van der Waals surface area contributed by atoms with Crippen LogP contribution in [0.2, 0.25) is 0 Å². The maximum atomic E-state index is 12.7. The number of esters is 1. The van der Waals surface area contributed by atoms with Crippen molar-refractivity contribution >= 4 is 16.0 Å². The second kappa shape index (κ2) is 8.13. The molecule has 0 saturated heterocycles. The standard InChI is InChI=1S/C18H21NO5S/c1-4-24-16-10-8-14(9-11-16)13-19(2)25(21,22)17-7-5-6-15(12-17)18(20)23-3/h5-12H,4,13H2,1-3H3. The van der Waals surface area contributed by atoms with Crippen LogP contribution in [-0.4, -0.2) is 39.5 Å². The van der Waals surface area contributed by atoms with Gasteiger partial charge in [0.1, 0.15) is 5.75 Å². The Morgan fingerprint density at radius 2 is 1.80 bits per heavy atom. The summed E-state index contributed by atoms with van der Waals surface area (Å²) >= 11 is 0. The van der Waals surface area contributed by atoms with E-state index in [2.05, 4.69) is 4.74 Å². The van der Waals surface area contributed by atoms with Crippen LogP contribution in [0.4, 0.5) is 0 Å². The number of sulfonamides is 1. The van der Waals surface area contributed by atoms with Crippen LogP contribution in [-0.2, 0) is 21.3 Å². The molecule has 0 N–H and O–H groups in total. The van der Waals surface area contributed by atoms with Crippen LogP contribution >= 0.6 is 0 Å². The first-order valence-electron chi connectivity index (χ1n) is 7.75. The molecule has 0 unspecified atom stereocenters. The molecule has 134 valence electrons. The molecule has 7 heteroatoms. The third kappa shape index (κ3) is 4.58. The minimum atomic E-state index is -3.73. The van der Waals surface area contributed by atoms with E-state index >= 15 is 0 Å². The predicted octanol–water partition coefficient (Wildman–Crippen LogP) is 2.69. The lowest BCUT2D eigenvalue weighted by Gasteiger charge is -2.18. The number of hydrogen-bond donors (Lipinski definition) is 0. The van der Waals surface area contributed by atoms with Crippen molar-refractivity contribution in [3.8, 4) is 5.75 Å². The fourth-order valence-corrected chi connectivity index (χ4v) is 3.49. The first-order chi connectivity index (χ1) is 11.9. The maximum absolute atomic E-state index is 12.7. The SMILES string of the molecule is CCOc1ccc(CN(C)S(=O)(=O)c2cccc(C(=O)OC)c2)cc1.